The van der Waals surface area contributed by atoms with Gasteiger partial charge in [-0.25, -0.2) is 0 Å². The van der Waals surface area contributed by atoms with Gasteiger partial charge in [0.15, 0.2) is 5.78 Å². The summed E-state index contributed by atoms with van der Waals surface area (Å²) >= 11 is 0. The predicted octanol–water partition coefficient (Wildman–Crippen LogP) is 1.61. The van der Waals surface area contributed by atoms with Crippen LogP contribution < -0.4 is 0 Å². The highest BCUT2D eigenvalue weighted by molar-refractivity contribution is 5.87. The summed E-state index contributed by atoms with van der Waals surface area (Å²) in [5.74, 6) is 0.778. The Morgan fingerprint density at radius 3 is 2.86 bits per heavy atom. The topological polar surface area (TPSA) is 37.4 Å². The lowest BCUT2D eigenvalue weighted by molar-refractivity contribution is -0.138. The lowest BCUT2D eigenvalue weighted by atomic mass is 10.0. The summed E-state index contributed by atoms with van der Waals surface area (Å²) in [5.41, 5.74) is 0. The second kappa shape index (κ2) is 5.13. The molecule has 0 N–H and O–H groups in total. The Hall–Kier alpha value is -0.860. The van der Waals surface area contributed by atoms with Crippen LogP contribution in [0.1, 0.15) is 39.5 Å². The number of hydrogen-bond acceptors (Lipinski definition) is 2. The quantitative estimate of drug-likeness (QED) is 0.689. The Labute approximate surface area is 85.5 Å². The molecule has 1 rings (SSSR count). The standard InChI is InChI=1S/C11H19NO2/c1-3-9(2)7-11(14)12-6-4-5-10(13)8-12/h9H,3-8H2,1-2H3. The number of hydrogen-bond donors (Lipinski definition) is 0. The van der Waals surface area contributed by atoms with Crippen molar-refractivity contribution in [3.8, 4) is 0 Å². The maximum Gasteiger partial charge on any atom is 0.223 e. The van der Waals surface area contributed by atoms with Crippen molar-refractivity contribution in [2.75, 3.05) is 13.1 Å². The normalized spacial score (nSPS) is 19.6. The van der Waals surface area contributed by atoms with E-state index in [-0.39, 0.29) is 11.7 Å². The predicted molar refractivity (Wildman–Crippen MR) is 54.9 cm³/mol. The first-order valence-electron chi connectivity index (χ1n) is 5.43. The third-order valence-corrected chi connectivity index (χ3v) is 2.82. The number of rotatable bonds is 3. The van der Waals surface area contributed by atoms with Crippen molar-refractivity contribution < 1.29 is 9.59 Å². The minimum atomic E-state index is 0.146. The summed E-state index contributed by atoms with van der Waals surface area (Å²) in [4.78, 5) is 24.5. The van der Waals surface area contributed by atoms with E-state index in [4.69, 9.17) is 0 Å². The number of carbonyl (C=O) groups is 2. The molecule has 0 radical (unpaired) electrons. The average Bonchev–Trinajstić information content (AvgIpc) is 2.17. The van der Waals surface area contributed by atoms with Crippen LogP contribution in [-0.4, -0.2) is 29.7 Å². The largest absolute Gasteiger partial charge is 0.335 e. The fourth-order valence-electron chi connectivity index (χ4n) is 1.62. The van der Waals surface area contributed by atoms with Gasteiger partial charge in [-0.05, 0) is 12.3 Å². The molecule has 0 aromatic heterocycles. The molecule has 1 amide bonds. The Kier molecular flexibility index (Phi) is 4.11. The Bertz CT molecular complexity index is 225. The minimum Gasteiger partial charge on any atom is -0.335 e. The van der Waals surface area contributed by atoms with Gasteiger partial charge in [0, 0.05) is 19.4 Å². The molecule has 0 bridgehead atoms. The second-order valence-electron chi connectivity index (χ2n) is 4.18. The van der Waals surface area contributed by atoms with E-state index in [1.54, 1.807) is 4.90 Å². The molecular formula is C11H19NO2. The van der Waals surface area contributed by atoms with E-state index >= 15 is 0 Å². The molecule has 3 nitrogen and oxygen atoms in total. The first kappa shape index (κ1) is 11.2. The number of amides is 1. The van der Waals surface area contributed by atoms with Crippen LogP contribution in [0.5, 0.6) is 0 Å². The summed E-state index contributed by atoms with van der Waals surface area (Å²) in [6, 6.07) is 0. The van der Waals surface area contributed by atoms with E-state index in [1.165, 1.54) is 0 Å². The number of carbonyl (C=O) groups excluding carboxylic acids is 2. The maximum absolute atomic E-state index is 11.7. The monoisotopic (exact) mass is 197 g/mol. The maximum atomic E-state index is 11.7. The summed E-state index contributed by atoms with van der Waals surface area (Å²) in [6.07, 6.45) is 3.09. The van der Waals surface area contributed by atoms with Crippen LogP contribution in [0.2, 0.25) is 0 Å². The number of likely N-dealkylation sites (tertiary alicyclic amines) is 1. The Morgan fingerprint density at radius 1 is 1.57 bits per heavy atom. The van der Waals surface area contributed by atoms with Gasteiger partial charge in [-0.15, -0.1) is 0 Å². The molecular weight excluding hydrogens is 178 g/mol. The molecule has 1 atom stereocenters. The van der Waals surface area contributed by atoms with E-state index in [9.17, 15) is 9.59 Å². The van der Waals surface area contributed by atoms with Crippen molar-refractivity contribution in [3.63, 3.8) is 0 Å². The third kappa shape index (κ3) is 3.13. The molecule has 0 aromatic carbocycles. The van der Waals surface area contributed by atoms with E-state index in [2.05, 4.69) is 13.8 Å². The van der Waals surface area contributed by atoms with Crippen LogP contribution in [-0.2, 0) is 9.59 Å². The number of nitrogens with zero attached hydrogens (tertiary/aromatic N) is 1. The molecule has 0 saturated carbocycles. The highest BCUT2D eigenvalue weighted by atomic mass is 16.2. The van der Waals surface area contributed by atoms with Crippen molar-refractivity contribution >= 4 is 11.7 Å². The second-order valence-corrected chi connectivity index (χ2v) is 4.18. The highest BCUT2D eigenvalue weighted by Gasteiger charge is 2.21. The lowest BCUT2D eigenvalue weighted by Crippen LogP contribution is -2.40. The summed E-state index contributed by atoms with van der Waals surface area (Å²) < 4.78 is 0. The van der Waals surface area contributed by atoms with Gasteiger partial charge in [0.25, 0.3) is 0 Å². The fraction of sp³-hybridized carbons (Fsp3) is 0.818. The molecule has 0 aromatic rings. The molecule has 0 aliphatic carbocycles. The van der Waals surface area contributed by atoms with Crippen molar-refractivity contribution in [1.82, 2.24) is 4.90 Å². The van der Waals surface area contributed by atoms with Gasteiger partial charge in [-0.1, -0.05) is 20.3 Å². The number of piperidine rings is 1. The summed E-state index contributed by atoms with van der Waals surface area (Å²) in [5, 5.41) is 0. The van der Waals surface area contributed by atoms with Crippen LogP contribution in [0.15, 0.2) is 0 Å². The Balaban J connectivity index is 2.39. The van der Waals surface area contributed by atoms with Crippen LogP contribution in [0, 0.1) is 5.92 Å². The number of Topliss-reactive ketones (excluding diaryl/α,β-unsaturated/α-hetero) is 1. The van der Waals surface area contributed by atoms with Crippen molar-refractivity contribution in [1.29, 1.82) is 0 Å². The smallest absolute Gasteiger partial charge is 0.223 e. The molecule has 1 aliphatic rings. The summed E-state index contributed by atoms with van der Waals surface area (Å²) in [6.45, 7) is 5.26. The molecule has 3 heteroatoms. The number of ketones is 1. The zero-order valence-corrected chi connectivity index (χ0v) is 9.08. The SMILES string of the molecule is CCC(C)CC(=O)N1CCCC(=O)C1. The lowest BCUT2D eigenvalue weighted by Gasteiger charge is -2.26. The zero-order chi connectivity index (χ0) is 10.6. The van der Waals surface area contributed by atoms with Crippen molar-refractivity contribution in [2.45, 2.75) is 39.5 Å². The van der Waals surface area contributed by atoms with E-state index in [0.29, 0.717) is 25.3 Å². The van der Waals surface area contributed by atoms with E-state index in [1.807, 2.05) is 0 Å². The van der Waals surface area contributed by atoms with Gasteiger partial charge in [-0.2, -0.15) is 0 Å². The van der Waals surface area contributed by atoms with E-state index in [0.717, 1.165) is 19.4 Å². The highest BCUT2D eigenvalue weighted by Crippen LogP contribution is 2.12. The van der Waals surface area contributed by atoms with Gasteiger partial charge in [0.1, 0.15) is 0 Å². The Morgan fingerprint density at radius 2 is 2.29 bits per heavy atom. The van der Waals surface area contributed by atoms with Gasteiger partial charge in [0.2, 0.25) is 5.91 Å². The van der Waals surface area contributed by atoms with Crippen LogP contribution in [0.25, 0.3) is 0 Å². The van der Waals surface area contributed by atoms with E-state index < -0.39 is 0 Å². The zero-order valence-electron chi connectivity index (χ0n) is 9.08. The van der Waals surface area contributed by atoms with Gasteiger partial charge in [0.05, 0.1) is 6.54 Å². The molecule has 1 unspecified atom stereocenters. The molecule has 1 fully saturated rings. The molecule has 1 heterocycles. The molecule has 0 spiro atoms. The first-order valence-corrected chi connectivity index (χ1v) is 5.43. The molecule has 1 aliphatic heterocycles. The van der Waals surface area contributed by atoms with Gasteiger partial charge in [-0.3, -0.25) is 9.59 Å². The van der Waals surface area contributed by atoms with Crippen molar-refractivity contribution in [2.24, 2.45) is 5.92 Å². The fourth-order valence-corrected chi connectivity index (χ4v) is 1.62. The minimum absolute atomic E-state index is 0.146. The molecule has 80 valence electrons. The van der Waals surface area contributed by atoms with Crippen LogP contribution >= 0.6 is 0 Å². The van der Waals surface area contributed by atoms with Gasteiger partial charge >= 0.3 is 0 Å². The van der Waals surface area contributed by atoms with Crippen LogP contribution in [0.3, 0.4) is 0 Å². The van der Waals surface area contributed by atoms with Crippen molar-refractivity contribution in [3.05, 3.63) is 0 Å². The first-order chi connectivity index (χ1) is 6.63. The summed E-state index contributed by atoms with van der Waals surface area (Å²) in [7, 11) is 0. The molecule has 1 saturated heterocycles. The van der Waals surface area contributed by atoms with Crippen LogP contribution in [0.4, 0.5) is 0 Å². The average molecular weight is 197 g/mol. The third-order valence-electron chi connectivity index (χ3n) is 2.82. The van der Waals surface area contributed by atoms with Gasteiger partial charge < -0.3 is 4.90 Å². The molecule has 14 heavy (non-hydrogen) atoms.